The van der Waals surface area contributed by atoms with Crippen molar-refractivity contribution in [3.05, 3.63) is 203 Å². The lowest BCUT2D eigenvalue weighted by atomic mass is 9.66. The van der Waals surface area contributed by atoms with Crippen LogP contribution in [0.5, 0.6) is 46.0 Å². The predicted molar refractivity (Wildman–Crippen MR) is 246 cm³/mol. The fourth-order valence-electron chi connectivity index (χ4n) is 10.6. The van der Waals surface area contributed by atoms with Gasteiger partial charge in [0, 0.05) is 22.3 Å². The van der Waals surface area contributed by atoms with Crippen LogP contribution in [0.15, 0.2) is 170 Å². The zero-order valence-electron chi connectivity index (χ0n) is 33.8. The SMILES string of the molecule is CC1(c2ccc(-c3ccc(C4(C)c5c(ccc6cc(O)ccc56)Oc5ccc6cc(O)ccc6c54)cc3)cc2)c2c(ccc3cc(O)ccc23)Oc2ccc3cc(O)ccc3c21. The van der Waals surface area contributed by atoms with E-state index in [1.807, 2.05) is 72.8 Å². The Morgan fingerprint density at radius 2 is 0.565 bits per heavy atom. The van der Waals surface area contributed by atoms with Gasteiger partial charge in [0.2, 0.25) is 0 Å². The van der Waals surface area contributed by atoms with Crippen LogP contribution in [0, 0.1) is 0 Å². The summed E-state index contributed by atoms with van der Waals surface area (Å²) in [6.45, 7) is 4.49. The van der Waals surface area contributed by atoms with Crippen molar-refractivity contribution in [2.24, 2.45) is 0 Å². The van der Waals surface area contributed by atoms with Crippen molar-refractivity contribution in [2.75, 3.05) is 0 Å². The molecule has 10 aromatic rings. The molecule has 298 valence electrons. The van der Waals surface area contributed by atoms with E-state index in [2.05, 4.69) is 62.4 Å². The molecule has 0 saturated heterocycles. The molecule has 0 bridgehead atoms. The number of rotatable bonds is 3. The van der Waals surface area contributed by atoms with Crippen molar-refractivity contribution in [2.45, 2.75) is 24.7 Å². The summed E-state index contributed by atoms with van der Waals surface area (Å²) in [5.41, 5.74) is 6.93. The minimum absolute atomic E-state index is 0.203. The Hall–Kier alpha value is -7.96. The van der Waals surface area contributed by atoms with Gasteiger partial charge in [-0.05, 0) is 152 Å². The zero-order chi connectivity index (χ0) is 42.1. The molecule has 6 nitrogen and oxygen atoms in total. The molecule has 0 aliphatic carbocycles. The second kappa shape index (κ2) is 12.8. The molecule has 0 unspecified atom stereocenters. The molecule has 0 radical (unpaired) electrons. The van der Waals surface area contributed by atoms with Crippen LogP contribution in [-0.4, -0.2) is 20.4 Å². The molecule has 2 heterocycles. The van der Waals surface area contributed by atoms with E-state index in [9.17, 15) is 20.4 Å². The summed E-state index contributed by atoms with van der Waals surface area (Å²) >= 11 is 0. The average Bonchev–Trinajstić information content (AvgIpc) is 3.28. The van der Waals surface area contributed by atoms with Gasteiger partial charge in [0.05, 0.1) is 10.8 Å². The highest BCUT2D eigenvalue weighted by molar-refractivity contribution is 5.99. The largest absolute Gasteiger partial charge is 0.508 e. The van der Waals surface area contributed by atoms with Crippen molar-refractivity contribution in [1.82, 2.24) is 0 Å². The summed E-state index contributed by atoms with van der Waals surface area (Å²) in [7, 11) is 0. The molecule has 2 aliphatic rings. The minimum Gasteiger partial charge on any atom is -0.508 e. The van der Waals surface area contributed by atoms with Crippen LogP contribution in [0.25, 0.3) is 54.2 Å². The topological polar surface area (TPSA) is 99.4 Å². The highest BCUT2D eigenvalue weighted by Gasteiger charge is 2.44. The van der Waals surface area contributed by atoms with Crippen LogP contribution in [-0.2, 0) is 10.8 Å². The Bertz CT molecular complexity index is 3110. The van der Waals surface area contributed by atoms with Gasteiger partial charge in [-0.1, -0.05) is 97.1 Å². The second-order valence-electron chi connectivity index (χ2n) is 17.0. The van der Waals surface area contributed by atoms with Gasteiger partial charge in [0.25, 0.3) is 0 Å². The lowest BCUT2D eigenvalue weighted by molar-refractivity contribution is 0.431. The highest BCUT2D eigenvalue weighted by atomic mass is 16.5. The number of hydrogen-bond donors (Lipinski definition) is 4. The van der Waals surface area contributed by atoms with E-state index in [-0.39, 0.29) is 23.0 Å². The smallest absolute Gasteiger partial charge is 0.132 e. The molecule has 4 N–H and O–H groups in total. The average molecular weight is 807 g/mol. The van der Waals surface area contributed by atoms with Crippen LogP contribution < -0.4 is 9.47 Å². The minimum atomic E-state index is -0.685. The molecule has 10 aromatic carbocycles. The van der Waals surface area contributed by atoms with Crippen LogP contribution in [0.2, 0.25) is 0 Å². The Labute approximate surface area is 356 Å². The first-order valence-electron chi connectivity index (χ1n) is 20.7. The van der Waals surface area contributed by atoms with Gasteiger partial charge in [0.1, 0.15) is 46.0 Å². The number of hydrogen-bond acceptors (Lipinski definition) is 6. The zero-order valence-corrected chi connectivity index (χ0v) is 33.8. The van der Waals surface area contributed by atoms with Gasteiger partial charge in [-0.25, -0.2) is 0 Å². The third-order valence-corrected chi connectivity index (χ3v) is 13.6. The van der Waals surface area contributed by atoms with E-state index in [1.54, 1.807) is 48.5 Å². The summed E-state index contributed by atoms with van der Waals surface area (Å²) in [6, 6.07) is 55.4. The van der Waals surface area contributed by atoms with Gasteiger partial charge in [0.15, 0.2) is 0 Å². The van der Waals surface area contributed by atoms with Gasteiger partial charge in [-0.2, -0.15) is 0 Å². The van der Waals surface area contributed by atoms with Crippen molar-refractivity contribution >= 4 is 43.1 Å². The Kier molecular flexibility index (Phi) is 7.40. The summed E-state index contributed by atoms with van der Waals surface area (Å²) in [6.07, 6.45) is 0. The maximum absolute atomic E-state index is 10.5. The molecule has 0 atom stereocenters. The standard InChI is InChI=1S/C56H38O6/c1-55(51-43-19-15-39(57)27-33(43)7-23-47(51)61-48-24-8-34-28-40(58)16-20-44(34)52(48)55)37-11-3-31(4-12-37)32-5-13-38(14-6-32)56(2)53-45-21-17-41(59)29-35(45)9-25-49(53)62-50-26-10-36-30-42(60)18-22-46(36)54(50)56/h3-30,57-60H,1-2H3. The second-order valence-corrected chi connectivity index (χ2v) is 17.0. The molecule has 12 rings (SSSR count). The molecule has 6 heteroatoms. The molecule has 0 aromatic heterocycles. The van der Waals surface area contributed by atoms with Gasteiger partial charge < -0.3 is 29.9 Å². The van der Waals surface area contributed by atoms with E-state index in [4.69, 9.17) is 9.47 Å². The first kappa shape index (κ1) is 35.9. The lowest BCUT2D eigenvalue weighted by Gasteiger charge is -2.40. The third kappa shape index (κ3) is 5.04. The fraction of sp³-hybridized carbons (Fsp3) is 0.0714. The fourth-order valence-corrected chi connectivity index (χ4v) is 10.6. The number of phenolic OH excluding ortho intramolecular Hbond substituents is 4. The quantitative estimate of drug-likeness (QED) is 0.142. The number of aromatic hydroxyl groups is 4. The summed E-state index contributed by atoms with van der Waals surface area (Å²) in [5.74, 6) is 3.85. The van der Waals surface area contributed by atoms with E-state index < -0.39 is 10.8 Å². The molecule has 62 heavy (non-hydrogen) atoms. The Balaban J connectivity index is 1.01. The van der Waals surface area contributed by atoms with Crippen molar-refractivity contribution in [1.29, 1.82) is 0 Å². The van der Waals surface area contributed by atoms with Crippen LogP contribution in [0.1, 0.15) is 47.2 Å². The van der Waals surface area contributed by atoms with Crippen LogP contribution in [0.4, 0.5) is 0 Å². The van der Waals surface area contributed by atoms with Crippen molar-refractivity contribution in [3.8, 4) is 57.1 Å². The molecule has 0 saturated carbocycles. The normalized spacial score (nSPS) is 14.4. The van der Waals surface area contributed by atoms with E-state index in [1.165, 1.54) is 0 Å². The molecule has 0 spiro atoms. The highest BCUT2D eigenvalue weighted by Crippen LogP contribution is 2.58. The van der Waals surface area contributed by atoms with Crippen molar-refractivity contribution in [3.63, 3.8) is 0 Å². The first-order chi connectivity index (χ1) is 30.1. The molecular weight excluding hydrogens is 769 g/mol. The van der Waals surface area contributed by atoms with Gasteiger partial charge >= 0.3 is 0 Å². The number of fused-ring (bicyclic) bond motifs is 12. The summed E-state index contributed by atoms with van der Waals surface area (Å²) in [5, 5.41) is 49.5. The maximum Gasteiger partial charge on any atom is 0.132 e. The maximum atomic E-state index is 10.5. The molecule has 0 fully saturated rings. The van der Waals surface area contributed by atoms with E-state index in [0.717, 1.165) is 111 Å². The third-order valence-electron chi connectivity index (χ3n) is 13.6. The number of phenols is 4. The first-order valence-corrected chi connectivity index (χ1v) is 20.7. The monoisotopic (exact) mass is 806 g/mol. The van der Waals surface area contributed by atoms with Crippen LogP contribution in [0.3, 0.4) is 0 Å². The van der Waals surface area contributed by atoms with Crippen molar-refractivity contribution < 1.29 is 29.9 Å². The Morgan fingerprint density at radius 1 is 0.306 bits per heavy atom. The van der Waals surface area contributed by atoms with E-state index in [0.29, 0.717) is 0 Å². The van der Waals surface area contributed by atoms with Gasteiger partial charge in [-0.3, -0.25) is 0 Å². The van der Waals surface area contributed by atoms with Crippen LogP contribution >= 0.6 is 0 Å². The summed E-state index contributed by atoms with van der Waals surface area (Å²) in [4.78, 5) is 0. The van der Waals surface area contributed by atoms with Gasteiger partial charge in [-0.15, -0.1) is 0 Å². The molecule has 2 aliphatic heterocycles. The summed E-state index contributed by atoms with van der Waals surface area (Å²) < 4.78 is 13.4. The molecule has 0 amide bonds. The Morgan fingerprint density at radius 3 is 0.823 bits per heavy atom. The lowest BCUT2D eigenvalue weighted by Crippen LogP contribution is -2.30. The number of ether oxygens (including phenoxy) is 2. The predicted octanol–water partition coefficient (Wildman–Crippen LogP) is 13.7. The number of benzene rings is 10. The molecular formula is C56H38O6. The van der Waals surface area contributed by atoms with E-state index >= 15 is 0 Å².